The van der Waals surface area contributed by atoms with Crippen LogP contribution in [0.1, 0.15) is 6.92 Å². The SMILES string of the molecule is C=C(C)C(=C)OC(F)F. The molecule has 52 valence electrons. The first-order chi connectivity index (χ1) is 4.04. The molecule has 9 heavy (non-hydrogen) atoms. The van der Waals surface area contributed by atoms with Crippen molar-refractivity contribution in [3.63, 3.8) is 0 Å². The van der Waals surface area contributed by atoms with Gasteiger partial charge in [-0.3, -0.25) is 0 Å². The first-order valence-corrected chi connectivity index (χ1v) is 2.33. The van der Waals surface area contributed by atoms with Gasteiger partial charge in [-0.15, -0.1) is 0 Å². The van der Waals surface area contributed by atoms with Crippen LogP contribution < -0.4 is 0 Å². The smallest absolute Gasteiger partial charge is 0.387 e. The minimum absolute atomic E-state index is 0.0648. The molecule has 0 unspecified atom stereocenters. The van der Waals surface area contributed by atoms with Crippen molar-refractivity contribution in [1.29, 1.82) is 0 Å². The van der Waals surface area contributed by atoms with E-state index in [0.29, 0.717) is 5.57 Å². The molecule has 3 heteroatoms. The van der Waals surface area contributed by atoms with Crippen molar-refractivity contribution in [2.45, 2.75) is 13.5 Å². The lowest BCUT2D eigenvalue weighted by atomic mass is 10.3. The van der Waals surface area contributed by atoms with Crippen LogP contribution in [0.4, 0.5) is 8.78 Å². The van der Waals surface area contributed by atoms with Crippen molar-refractivity contribution in [3.05, 3.63) is 24.5 Å². The van der Waals surface area contributed by atoms with E-state index in [1.165, 1.54) is 0 Å². The van der Waals surface area contributed by atoms with Gasteiger partial charge in [0.15, 0.2) is 0 Å². The molecule has 0 saturated carbocycles. The van der Waals surface area contributed by atoms with Gasteiger partial charge >= 0.3 is 6.61 Å². The molecule has 0 radical (unpaired) electrons. The zero-order valence-electron chi connectivity index (χ0n) is 5.16. The predicted octanol–water partition coefficient (Wildman–Crippen LogP) is 2.32. The van der Waals surface area contributed by atoms with Gasteiger partial charge in [0.2, 0.25) is 0 Å². The van der Waals surface area contributed by atoms with Crippen molar-refractivity contribution >= 4 is 0 Å². The Morgan fingerprint density at radius 2 is 1.89 bits per heavy atom. The number of ether oxygens (including phenoxy) is 1. The molecule has 0 heterocycles. The number of hydrogen-bond donors (Lipinski definition) is 0. The quantitative estimate of drug-likeness (QED) is 0.425. The molecule has 0 rings (SSSR count). The van der Waals surface area contributed by atoms with Gasteiger partial charge in [-0.25, -0.2) is 0 Å². The minimum atomic E-state index is -2.80. The van der Waals surface area contributed by atoms with Crippen LogP contribution in [-0.4, -0.2) is 6.61 Å². The van der Waals surface area contributed by atoms with E-state index in [1.807, 2.05) is 0 Å². The van der Waals surface area contributed by atoms with E-state index in [2.05, 4.69) is 17.9 Å². The monoisotopic (exact) mass is 134 g/mol. The van der Waals surface area contributed by atoms with Crippen molar-refractivity contribution in [3.8, 4) is 0 Å². The Labute approximate surface area is 52.6 Å². The normalized spacial score (nSPS) is 9.33. The largest absolute Gasteiger partial charge is 0.435 e. The fraction of sp³-hybridized carbons (Fsp3) is 0.333. The lowest BCUT2D eigenvalue weighted by Crippen LogP contribution is -1.97. The third kappa shape index (κ3) is 3.70. The highest BCUT2D eigenvalue weighted by atomic mass is 19.3. The molecule has 0 bridgehead atoms. The van der Waals surface area contributed by atoms with Crippen molar-refractivity contribution in [1.82, 2.24) is 0 Å². The lowest BCUT2D eigenvalue weighted by Gasteiger charge is -2.05. The number of allylic oxidation sites excluding steroid dienone is 1. The van der Waals surface area contributed by atoms with Crippen LogP contribution in [0, 0.1) is 0 Å². The molecule has 0 aliphatic heterocycles. The fourth-order valence-corrected chi connectivity index (χ4v) is 0.208. The standard InChI is InChI=1S/C6H8F2O/c1-4(2)5(3)9-6(7)8/h6H,1,3H2,2H3. The Bertz CT molecular complexity index is 129. The molecule has 1 nitrogen and oxygen atoms in total. The van der Waals surface area contributed by atoms with E-state index >= 15 is 0 Å². The van der Waals surface area contributed by atoms with E-state index < -0.39 is 6.61 Å². The first-order valence-electron chi connectivity index (χ1n) is 2.33. The Balaban J connectivity index is 3.65. The summed E-state index contributed by atoms with van der Waals surface area (Å²) in [5.41, 5.74) is 0.412. The van der Waals surface area contributed by atoms with Crippen LogP contribution in [0.25, 0.3) is 0 Å². The Morgan fingerprint density at radius 3 is 2.00 bits per heavy atom. The summed E-state index contributed by atoms with van der Waals surface area (Å²) in [5, 5.41) is 0. The highest BCUT2D eigenvalue weighted by Gasteiger charge is 2.03. The van der Waals surface area contributed by atoms with E-state index in [1.54, 1.807) is 6.92 Å². The molecular formula is C6H8F2O. The molecule has 0 atom stereocenters. The van der Waals surface area contributed by atoms with Gasteiger partial charge in [0.05, 0.1) is 0 Å². The van der Waals surface area contributed by atoms with Crippen LogP contribution in [-0.2, 0) is 4.74 Å². The number of rotatable bonds is 3. The highest BCUT2D eigenvalue weighted by molar-refractivity contribution is 5.15. The number of hydrogen-bond acceptors (Lipinski definition) is 1. The van der Waals surface area contributed by atoms with Crippen LogP contribution in [0.3, 0.4) is 0 Å². The maximum Gasteiger partial charge on any atom is 0.387 e. The molecule has 0 amide bonds. The minimum Gasteiger partial charge on any atom is -0.435 e. The van der Waals surface area contributed by atoms with E-state index in [9.17, 15) is 8.78 Å². The van der Waals surface area contributed by atoms with E-state index in [4.69, 9.17) is 0 Å². The molecule has 0 aromatic heterocycles. The lowest BCUT2D eigenvalue weighted by molar-refractivity contribution is -0.0928. The Hall–Kier alpha value is -0.860. The van der Waals surface area contributed by atoms with Gasteiger partial charge in [0.1, 0.15) is 5.76 Å². The second-order valence-electron chi connectivity index (χ2n) is 1.58. The average molecular weight is 134 g/mol. The second kappa shape index (κ2) is 3.22. The van der Waals surface area contributed by atoms with Crippen LogP contribution in [0.2, 0.25) is 0 Å². The molecule has 0 saturated heterocycles. The summed E-state index contributed by atoms with van der Waals surface area (Å²) in [6, 6.07) is 0. The highest BCUT2D eigenvalue weighted by Crippen LogP contribution is 2.09. The van der Waals surface area contributed by atoms with Crippen LogP contribution in [0.15, 0.2) is 24.5 Å². The summed E-state index contributed by atoms with van der Waals surface area (Å²) in [7, 11) is 0. The van der Waals surface area contributed by atoms with Gasteiger partial charge in [-0.05, 0) is 12.5 Å². The van der Waals surface area contributed by atoms with Gasteiger partial charge in [0.25, 0.3) is 0 Å². The topological polar surface area (TPSA) is 9.23 Å². The Morgan fingerprint density at radius 1 is 1.44 bits per heavy atom. The molecule has 0 spiro atoms. The number of alkyl halides is 2. The maximum atomic E-state index is 11.3. The average Bonchev–Trinajstić information content (AvgIpc) is 1.63. The molecule has 0 N–H and O–H groups in total. The summed E-state index contributed by atoms with van der Waals surface area (Å²) < 4.78 is 26.5. The zero-order valence-corrected chi connectivity index (χ0v) is 5.16. The predicted molar refractivity (Wildman–Crippen MR) is 31.0 cm³/mol. The third-order valence-electron chi connectivity index (χ3n) is 0.707. The molecule has 0 aliphatic carbocycles. The van der Waals surface area contributed by atoms with Gasteiger partial charge in [-0.2, -0.15) is 8.78 Å². The van der Waals surface area contributed by atoms with E-state index in [-0.39, 0.29) is 5.76 Å². The molecule has 0 aliphatic rings. The summed E-state index contributed by atoms with van der Waals surface area (Å²) in [4.78, 5) is 0. The second-order valence-corrected chi connectivity index (χ2v) is 1.58. The van der Waals surface area contributed by atoms with Crippen LogP contribution >= 0.6 is 0 Å². The van der Waals surface area contributed by atoms with Crippen molar-refractivity contribution < 1.29 is 13.5 Å². The molecule has 0 aromatic rings. The van der Waals surface area contributed by atoms with Crippen LogP contribution in [0.5, 0.6) is 0 Å². The summed E-state index contributed by atoms with van der Waals surface area (Å²) >= 11 is 0. The zero-order chi connectivity index (χ0) is 7.44. The first kappa shape index (κ1) is 8.14. The fourth-order valence-electron chi connectivity index (χ4n) is 0.208. The number of halogens is 2. The van der Waals surface area contributed by atoms with E-state index in [0.717, 1.165) is 0 Å². The third-order valence-corrected chi connectivity index (χ3v) is 0.707. The van der Waals surface area contributed by atoms with Gasteiger partial charge in [0, 0.05) is 0 Å². The maximum absolute atomic E-state index is 11.3. The van der Waals surface area contributed by atoms with Gasteiger partial charge < -0.3 is 4.74 Å². The molecular weight excluding hydrogens is 126 g/mol. The summed E-state index contributed by atoms with van der Waals surface area (Å²) in [5.74, 6) is -0.0648. The molecule has 0 aromatic carbocycles. The molecule has 0 fully saturated rings. The van der Waals surface area contributed by atoms with Gasteiger partial charge in [-0.1, -0.05) is 13.2 Å². The van der Waals surface area contributed by atoms with Crippen molar-refractivity contribution in [2.24, 2.45) is 0 Å². The Kier molecular flexibility index (Phi) is 2.91. The summed E-state index contributed by atoms with van der Waals surface area (Å²) in [6.45, 7) is 5.29. The van der Waals surface area contributed by atoms with Crippen molar-refractivity contribution in [2.75, 3.05) is 0 Å². The summed E-state index contributed by atoms with van der Waals surface area (Å²) in [6.07, 6.45) is 0.